The summed E-state index contributed by atoms with van der Waals surface area (Å²) in [6.07, 6.45) is -27.5. The van der Waals surface area contributed by atoms with Crippen LogP contribution in [0.15, 0.2) is 0 Å². The van der Waals surface area contributed by atoms with Gasteiger partial charge in [-0.3, -0.25) is 4.79 Å². The van der Waals surface area contributed by atoms with Gasteiger partial charge in [0.2, 0.25) is 5.91 Å². The summed E-state index contributed by atoms with van der Waals surface area (Å²) in [5.74, 6) is -5.65. The van der Waals surface area contributed by atoms with Crippen LogP contribution >= 0.6 is 0 Å². The summed E-state index contributed by atoms with van der Waals surface area (Å²) >= 11 is 0. The molecular weight excluding hydrogens is 594 g/mol. The van der Waals surface area contributed by atoms with Crippen molar-refractivity contribution in [1.29, 1.82) is 0 Å². The Bertz CT molecular complexity index is 940. The zero-order valence-electron chi connectivity index (χ0n) is 22.7. The van der Waals surface area contributed by atoms with E-state index in [0.29, 0.717) is 0 Å². The molecule has 0 spiro atoms. The van der Waals surface area contributed by atoms with Crippen molar-refractivity contribution in [2.75, 3.05) is 19.8 Å². The molecule has 0 radical (unpaired) electrons. The van der Waals surface area contributed by atoms with Gasteiger partial charge in [-0.1, -0.05) is 0 Å². The third kappa shape index (κ3) is 7.41. The number of carbonyl (C=O) groups is 2. The summed E-state index contributed by atoms with van der Waals surface area (Å²) in [4.78, 5) is 24.2. The lowest BCUT2D eigenvalue weighted by atomic mass is 9.88. The van der Waals surface area contributed by atoms with E-state index in [2.05, 4.69) is 5.32 Å². The first-order valence-electron chi connectivity index (χ1n) is 13.2. The molecule has 0 aliphatic carbocycles. The molecule has 3 saturated heterocycles. The molecule has 43 heavy (non-hydrogen) atoms. The normalized spacial score (nSPS) is 45.3. The Balaban J connectivity index is 1.88. The summed E-state index contributed by atoms with van der Waals surface area (Å²) in [6.45, 7) is -1.86. The topological polar surface area (TPSA) is 335 Å². The third-order valence-electron chi connectivity index (χ3n) is 7.46. The standard InChI is InChI=1S/C23H39NO19/c1-6(28)24-11-7(29)2-23(22(37)38,43-19(11)12(31)8(30)3-25)42-18-10(5-27)40-21(16(35)14(18)33)41-17-9(4-26)39-20(36)15(34)13(17)32/h7-21,25-27,29-36H,2-5H2,1H3,(H,24,28)(H,37,38)/t7-,8+,9+,10+,11+,12+,13+,14+,15+,16+,17+,18-,19+,20+,21-,23-/m0/s1. The number of aliphatic carboxylic acids is 1. The molecule has 3 aliphatic rings. The number of carbonyl (C=O) groups excluding carboxylic acids is 1. The van der Waals surface area contributed by atoms with E-state index in [1.165, 1.54) is 0 Å². The Labute approximate surface area is 243 Å². The Hall–Kier alpha value is -1.70. The van der Waals surface area contributed by atoms with E-state index >= 15 is 0 Å². The van der Waals surface area contributed by atoms with Crippen molar-refractivity contribution in [3.05, 3.63) is 0 Å². The van der Waals surface area contributed by atoms with Gasteiger partial charge in [0.25, 0.3) is 5.79 Å². The highest BCUT2D eigenvalue weighted by molar-refractivity contribution is 5.76. The molecule has 13 N–H and O–H groups in total. The smallest absolute Gasteiger partial charge is 0.364 e. The molecule has 3 aliphatic heterocycles. The van der Waals surface area contributed by atoms with Crippen LogP contribution in [-0.2, 0) is 33.3 Å². The van der Waals surface area contributed by atoms with Gasteiger partial charge in [-0.25, -0.2) is 4.79 Å². The Morgan fingerprint density at radius 2 is 1.49 bits per heavy atom. The van der Waals surface area contributed by atoms with E-state index in [9.17, 15) is 70.9 Å². The highest BCUT2D eigenvalue weighted by Crippen LogP contribution is 2.38. The molecule has 16 atom stereocenters. The molecule has 3 fully saturated rings. The molecule has 20 nitrogen and oxygen atoms in total. The zero-order chi connectivity index (χ0) is 32.4. The number of aliphatic hydroxyl groups excluding tert-OH is 11. The lowest BCUT2D eigenvalue weighted by Gasteiger charge is -2.50. The first kappa shape index (κ1) is 35.8. The summed E-state index contributed by atoms with van der Waals surface area (Å²) in [5.41, 5.74) is 0. The molecule has 0 unspecified atom stereocenters. The number of amides is 1. The van der Waals surface area contributed by atoms with Crippen molar-refractivity contribution < 1.29 is 94.6 Å². The minimum atomic E-state index is -2.97. The maximum Gasteiger partial charge on any atom is 0.364 e. The highest BCUT2D eigenvalue weighted by atomic mass is 16.8. The number of hydrogen-bond acceptors (Lipinski definition) is 18. The van der Waals surface area contributed by atoms with E-state index in [-0.39, 0.29) is 0 Å². The van der Waals surface area contributed by atoms with Gasteiger partial charge in [-0.15, -0.1) is 0 Å². The van der Waals surface area contributed by atoms with E-state index < -0.39 is 136 Å². The second kappa shape index (κ2) is 14.6. The van der Waals surface area contributed by atoms with Crippen LogP contribution in [0.1, 0.15) is 13.3 Å². The number of aliphatic hydroxyl groups is 11. The van der Waals surface area contributed by atoms with E-state index in [4.69, 9.17) is 23.7 Å². The largest absolute Gasteiger partial charge is 0.477 e. The highest BCUT2D eigenvalue weighted by Gasteiger charge is 2.59. The van der Waals surface area contributed by atoms with Crippen LogP contribution in [0, 0.1) is 0 Å². The minimum Gasteiger partial charge on any atom is -0.477 e. The Morgan fingerprint density at radius 3 is 2.02 bits per heavy atom. The summed E-state index contributed by atoms with van der Waals surface area (Å²) < 4.78 is 26.8. The van der Waals surface area contributed by atoms with Gasteiger partial charge >= 0.3 is 5.97 Å². The van der Waals surface area contributed by atoms with Gasteiger partial charge in [-0.2, -0.15) is 0 Å². The molecule has 0 aromatic carbocycles. The predicted molar refractivity (Wildman–Crippen MR) is 130 cm³/mol. The second-order valence-electron chi connectivity index (χ2n) is 10.5. The Kier molecular flexibility index (Phi) is 12.1. The predicted octanol–water partition coefficient (Wildman–Crippen LogP) is -8.22. The van der Waals surface area contributed by atoms with Gasteiger partial charge in [0.15, 0.2) is 12.6 Å². The van der Waals surface area contributed by atoms with Crippen LogP contribution in [-0.4, -0.2) is 191 Å². The molecule has 1 amide bonds. The van der Waals surface area contributed by atoms with Crippen LogP contribution in [0.5, 0.6) is 0 Å². The monoisotopic (exact) mass is 633 g/mol. The van der Waals surface area contributed by atoms with Crippen LogP contribution < -0.4 is 5.32 Å². The number of hydrogen-bond donors (Lipinski definition) is 13. The molecular formula is C23H39NO19. The molecule has 3 heterocycles. The average Bonchev–Trinajstić information content (AvgIpc) is 2.96. The van der Waals surface area contributed by atoms with Gasteiger partial charge in [-0.05, 0) is 0 Å². The lowest BCUT2D eigenvalue weighted by molar-refractivity contribution is -0.383. The van der Waals surface area contributed by atoms with Crippen LogP contribution in [0.4, 0.5) is 0 Å². The van der Waals surface area contributed by atoms with Gasteiger partial charge < -0.3 is 90.3 Å². The van der Waals surface area contributed by atoms with Crippen molar-refractivity contribution in [1.82, 2.24) is 5.32 Å². The molecule has 0 bridgehead atoms. The van der Waals surface area contributed by atoms with E-state index in [0.717, 1.165) is 6.92 Å². The fraction of sp³-hybridized carbons (Fsp3) is 0.913. The fourth-order valence-electron chi connectivity index (χ4n) is 5.17. The number of carboxylic acid groups (broad SMARTS) is 1. The lowest BCUT2D eigenvalue weighted by Crippen LogP contribution is -2.70. The number of rotatable bonds is 11. The average molecular weight is 634 g/mol. The molecule has 0 saturated carbocycles. The van der Waals surface area contributed by atoms with E-state index in [1.807, 2.05) is 0 Å². The Morgan fingerprint density at radius 1 is 0.907 bits per heavy atom. The third-order valence-corrected chi connectivity index (χ3v) is 7.46. The molecule has 3 rings (SSSR count). The van der Waals surface area contributed by atoms with E-state index in [1.54, 1.807) is 0 Å². The van der Waals surface area contributed by atoms with Gasteiger partial charge in [0.1, 0.15) is 67.1 Å². The minimum absolute atomic E-state index is 0.739. The van der Waals surface area contributed by atoms with Crippen molar-refractivity contribution in [3.63, 3.8) is 0 Å². The quantitative estimate of drug-likeness (QED) is 0.100. The number of ether oxygens (including phenoxy) is 5. The summed E-state index contributed by atoms with van der Waals surface area (Å²) in [7, 11) is 0. The summed E-state index contributed by atoms with van der Waals surface area (Å²) in [6, 6.07) is -1.52. The molecule has 0 aromatic rings. The first-order valence-corrected chi connectivity index (χ1v) is 13.2. The van der Waals surface area contributed by atoms with Crippen LogP contribution in [0.2, 0.25) is 0 Å². The van der Waals surface area contributed by atoms with Gasteiger partial charge in [0.05, 0.1) is 32.0 Å². The van der Waals surface area contributed by atoms with Crippen molar-refractivity contribution in [3.8, 4) is 0 Å². The maximum atomic E-state index is 12.5. The summed E-state index contributed by atoms with van der Waals surface area (Å²) in [5, 5.41) is 124. The van der Waals surface area contributed by atoms with Crippen molar-refractivity contribution >= 4 is 11.9 Å². The van der Waals surface area contributed by atoms with Crippen LogP contribution in [0.3, 0.4) is 0 Å². The van der Waals surface area contributed by atoms with Crippen molar-refractivity contribution in [2.45, 2.75) is 111 Å². The van der Waals surface area contributed by atoms with Crippen LogP contribution in [0.25, 0.3) is 0 Å². The van der Waals surface area contributed by atoms with Crippen molar-refractivity contribution in [2.24, 2.45) is 0 Å². The number of nitrogens with one attached hydrogen (secondary N) is 1. The maximum absolute atomic E-state index is 12.5. The molecule has 20 heteroatoms. The first-order chi connectivity index (χ1) is 20.1. The zero-order valence-corrected chi connectivity index (χ0v) is 22.7. The molecule has 0 aromatic heterocycles. The second-order valence-corrected chi connectivity index (χ2v) is 10.5. The fourth-order valence-corrected chi connectivity index (χ4v) is 5.17. The SMILES string of the molecule is CC(=O)N[C@H]1[C@H]([C@H](O)[C@H](O)CO)O[C@](O[C@@H]2[C@H](O)[C@@H](O)[C@H](O[C@H]3[C@H](O)[C@@H](O)[C@H](O)O[C@@H]3CO)O[C@@H]2CO)(C(=O)O)C[C@@H]1O. The number of carboxylic acids is 1. The van der Waals surface area contributed by atoms with Gasteiger partial charge in [0, 0.05) is 13.3 Å². The molecule has 250 valence electrons.